The Labute approximate surface area is 201 Å². The predicted octanol–water partition coefficient (Wildman–Crippen LogP) is 3.46. The number of aromatic nitrogens is 1. The summed E-state index contributed by atoms with van der Waals surface area (Å²) < 4.78 is 10.6. The maximum Gasteiger partial charge on any atom is 0.417 e. The zero-order chi connectivity index (χ0) is 25.0. The summed E-state index contributed by atoms with van der Waals surface area (Å²) in [4.78, 5) is 33.1. The number of H-pyrrole nitrogens is 1. The molecule has 3 aromatic rings. The number of guanidine groups is 1. The number of rotatable bonds is 2. The van der Waals surface area contributed by atoms with Crippen LogP contribution in [0.3, 0.4) is 0 Å². The first-order chi connectivity index (χ1) is 16.5. The van der Waals surface area contributed by atoms with E-state index < -0.39 is 17.0 Å². The molecule has 0 saturated heterocycles. The quantitative estimate of drug-likeness (QED) is 0.444. The van der Waals surface area contributed by atoms with Gasteiger partial charge in [0.15, 0.2) is 11.2 Å². The van der Waals surface area contributed by atoms with Gasteiger partial charge in [-0.05, 0) is 68.7 Å². The smallest absolute Gasteiger partial charge is 0.417 e. The first-order valence-electron chi connectivity index (χ1n) is 11.3. The molecule has 0 bridgehead atoms. The van der Waals surface area contributed by atoms with E-state index in [4.69, 9.17) is 19.9 Å². The van der Waals surface area contributed by atoms with E-state index >= 15 is 0 Å². The number of hydrogen-bond donors (Lipinski definition) is 4. The summed E-state index contributed by atoms with van der Waals surface area (Å²) in [7, 11) is 0. The number of anilines is 1. The van der Waals surface area contributed by atoms with Gasteiger partial charge in [0, 0.05) is 30.5 Å². The van der Waals surface area contributed by atoms with E-state index in [0.717, 1.165) is 22.4 Å². The van der Waals surface area contributed by atoms with Gasteiger partial charge in [0.05, 0.1) is 5.52 Å². The van der Waals surface area contributed by atoms with Crippen LogP contribution in [0.2, 0.25) is 0 Å². The Hall–Kier alpha value is -4.05. The van der Waals surface area contributed by atoms with Crippen LogP contribution in [0.5, 0.6) is 0 Å². The summed E-state index contributed by atoms with van der Waals surface area (Å²) in [6, 6.07) is 11.2. The molecule has 2 aliphatic heterocycles. The fourth-order valence-corrected chi connectivity index (χ4v) is 4.19. The summed E-state index contributed by atoms with van der Waals surface area (Å²) in [6.07, 6.45) is 1.47. The Bertz CT molecular complexity index is 1440. The van der Waals surface area contributed by atoms with E-state index in [1.165, 1.54) is 0 Å². The van der Waals surface area contributed by atoms with Crippen LogP contribution in [0, 0.1) is 0 Å². The van der Waals surface area contributed by atoms with Crippen molar-refractivity contribution in [2.45, 2.75) is 52.0 Å². The lowest BCUT2D eigenvalue weighted by Crippen LogP contribution is -2.44. The molecule has 1 atom stereocenters. The van der Waals surface area contributed by atoms with Gasteiger partial charge in [-0.2, -0.15) is 0 Å². The average molecular weight is 477 g/mol. The number of amides is 1. The van der Waals surface area contributed by atoms with E-state index in [-0.39, 0.29) is 6.09 Å². The minimum Gasteiger partial charge on any atom is -0.444 e. The van der Waals surface area contributed by atoms with E-state index in [0.29, 0.717) is 35.7 Å². The summed E-state index contributed by atoms with van der Waals surface area (Å²) in [5, 5.41) is 6.42. The highest BCUT2D eigenvalue weighted by Crippen LogP contribution is 2.32. The molecular formula is C25H28N6O4. The van der Waals surface area contributed by atoms with Gasteiger partial charge in [-0.25, -0.2) is 14.6 Å². The lowest BCUT2D eigenvalue weighted by Gasteiger charge is -2.31. The molecule has 2 aromatic carbocycles. The molecule has 5 N–H and O–H groups in total. The topological polar surface area (TPSA) is 138 Å². The molecule has 2 aliphatic rings. The molecule has 0 fully saturated rings. The molecule has 5 rings (SSSR count). The number of ether oxygens (including phenoxy) is 1. The van der Waals surface area contributed by atoms with Crippen molar-refractivity contribution in [3.63, 3.8) is 0 Å². The lowest BCUT2D eigenvalue weighted by molar-refractivity contribution is 0.0242. The highest BCUT2D eigenvalue weighted by atomic mass is 16.6. The van der Waals surface area contributed by atoms with Crippen molar-refractivity contribution in [1.29, 1.82) is 0 Å². The second kappa shape index (κ2) is 8.02. The predicted molar refractivity (Wildman–Crippen MR) is 133 cm³/mol. The third kappa shape index (κ3) is 4.40. The molecule has 0 spiro atoms. The third-order valence-corrected chi connectivity index (χ3v) is 6.02. The van der Waals surface area contributed by atoms with Gasteiger partial charge in [0.25, 0.3) is 0 Å². The number of carbonyl (C=O) groups is 1. The van der Waals surface area contributed by atoms with Crippen molar-refractivity contribution in [3.05, 3.63) is 75.4 Å². The van der Waals surface area contributed by atoms with Crippen molar-refractivity contribution >= 4 is 28.8 Å². The van der Waals surface area contributed by atoms with E-state index in [2.05, 4.69) is 15.6 Å². The molecule has 1 unspecified atom stereocenters. The standard InChI is InChI=1S/C25H28N6O4/c1-14-11-27-21(30-25(14,26)17-6-8-20-19(10-17)29-22(32)34-20)28-18-7-5-15-12-31(13-16(15)9-18)23(33)35-24(2,3)4/h5-11H,12-13,26H2,1-4H3,(H,29,32)(H2,27,28,30). The van der Waals surface area contributed by atoms with Crippen molar-refractivity contribution < 1.29 is 13.9 Å². The van der Waals surface area contributed by atoms with E-state index in [9.17, 15) is 9.59 Å². The largest absolute Gasteiger partial charge is 0.444 e. The average Bonchev–Trinajstić information content (AvgIpc) is 3.36. The molecule has 3 heterocycles. The van der Waals surface area contributed by atoms with Crippen molar-refractivity contribution in [2.75, 3.05) is 5.32 Å². The summed E-state index contributed by atoms with van der Waals surface area (Å²) >= 11 is 0. The zero-order valence-electron chi connectivity index (χ0n) is 20.1. The number of carbonyl (C=O) groups excluding carboxylic acids is 1. The minimum atomic E-state index is -1.14. The Balaban J connectivity index is 1.36. The Morgan fingerprint density at radius 1 is 1.20 bits per heavy atom. The molecule has 35 heavy (non-hydrogen) atoms. The van der Waals surface area contributed by atoms with E-state index in [1.54, 1.807) is 29.3 Å². The SMILES string of the molecule is CC1=CNC(Nc2ccc3c(c2)CN(C(=O)OC(C)(C)C)C3)=NC1(N)c1ccc2oc(=O)[nH]c2c1. The molecule has 10 nitrogen and oxygen atoms in total. The molecule has 0 radical (unpaired) electrons. The highest BCUT2D eigenvalue weighted by Gasteiger charge is 2.33. The second-order valence-electron chi connectivity index (χ2n) is 9.87. The highest BCUT2D eigenvalue weighted by molar-refractivity contribution is 5.95. The third-order valence-electron chi connectivity index (χ3n) is 6.02. The maximum atomic E-state index is 12.5. The van der Waals surface area contributed by atoms with Gasteiger partial charge < -0.3 is 19.8 Å². The van der Waals surface area contributed by atoms with Crippen LogP contribution in [0.1, 0.15) is 44.4 Å². The molecule has 10 heteroatoms. The maximum absolute atomic E-state index is 12.5. The Morgan fingerprint density at radius 3 is 2.74 bits per heavy atom. The van der Waals surface area contributed by atoms with Gasteiger partial charge in [0.2, 0.25) is 5.96 Å². The zero-order valence-corrected chi connectivity index (χ0v) is 20.1. The van der Waals surface area contributed by atoms with Crippen LogP contribution in [0.25, 0.3) is 11.1 Å². The number of nitrogens with two attached hydrogens (primary N) is 1. The van der Waals surface area contributed by atoms with Gasteiger partial charge in [-0.1, -0.05) is 12.1 Å². The number of aliphatic imine (C=N–C) groups is 1. The number of benzene rings is 2. The van der Waals surface area contributed by atoms with Crippen LogP contribution in [0.15, 0.2) is 62.4 Å². The van der Waals surface area contributed by atoms with Crippen LogP contribution < -0.4 is 22.1 Å². The normalized spacial score (nSPS) is 19.6. The van der Waals surface area contributed by atoms with Crippen LogP contribution in [0.4, 0.5) is 10.5 Å². The first kappa shape index (κ1) is 22.7. The van der Waals surface area contributed by atoms with Crippen LogP contribution in [-0.2, 0) is 23.5 Å². The number of fused-ring (bicyclic) bond motifs is 2. The van der Waals surface area contributed by atoms with Crippen molar-refractivity contribution in [3.8, 4) is 0 Å². The molecule has 0 aliphatic carbocycles. The Morgan fingerprint density at radius 2 is 1.97 bits per heavy atom. The van der Waals surface area contributed by atoms with Crippen molar-refractivity contribution in [1.82, 2.24) is 15.2 Å². The summed E-state index contributed by atoms with van der Waals surface area (Å²) in [5.41, 5.74) is 10.5. The molecule has 1 amide bonds. The summed E-state index contributed by atoms with van der Waals surface area (Å²) in [5.74, 6) is -0.0469. The number of oxazole rings is 1. The van der Waals surface area contributed by atoms with Crippen molar-refractivity contribution in [2.24, 2.45) is 10.7 Å². The lowest BCUT2D eigenvalue weighted by atomic mass is 9.93. The summed E-state index contributed by atoms with van der Waals surface area (Å²) in [6.45, 7) is 8.44. The monoisotopic (exact) mass is 476 g/mol. The molecule has 0 saturated carbocycles. The second-order valence-corrected chi connectivity index (χ2v) is 9.87. The first-order valence-corrected chi connectivity index (χ1v) is 11.3. The fourth-order valence-electron chi connectivity index (χ4n) is 4.19. The van der Waals surface area contributed by atoms with Crippen LogP contribution in [-0.4, -0.2) is 27.5 Å². The number of aromatic amines is 1. The minimum absolute atomic E-state index is 0.328. The molecular weight excluding hydrogens is 448 g/mol. The van der Waals surface area contributed by atoms with Crippen LogP contribution >= 0.6 is 0 Å². The number of hydrogen-bond acceptors (Lipinski definition) is 8. The van der Waals surface area contributed by atoms with Gasteiger partial charge in [0.1, 0.15) is 5.60 Å². The molecule has 1 aromatic heterocycles. The Kier molecular flexibility index (Phi) is 5.21. The van der Waals surface area contributed by atoms with Gasteiger partial charge in [-0.15, -0.1) is 0 Å². The van der Waals surface area contributed by atoms with Gasteiger partial charge in [-0.3, -0.25) is 15.6 Å². The molecule has 182 valence electrons. The fraction of sp³-hybridized carbons (Fsp3) is 0.320. The number of nitrogens with zero attached hydrogens (tertiary/aromatic N) is 2. The number of nitrogens with one attached hydrogen (secondary N) is 3. The van der Waals surface area contributed by atoms with E-state index in [1.807, 2.05) is 45.9 Å². The van der Waals surface area contributed by atoms with Gasteiger partial charge >= 0.3 is 11.8 Å².